The molecule has 0 aromatic carbocycles. The zero-order valence-corrected chi connectivity index (χ0v) is 9.22. The van der Waals surface area contributed by atoms with E-state index in [1.165, 1.54) is 11.0 Å². The first-order valence-corrected chi connectivity index (χ1v) is 5.38. The molecule has 9 nitrogen and oxygen atoms in total. The molecule has 1 N–H and O–H groups in total. The molecule has 2 aromatic rings. The van der Waals surface area contributed by atoms with Crippen LogP contribution >= 0.6 is 0 Å². The minimum Gasteiger partial charge on any atom is -0.390 e. The van der Waals surface area contributed by atoms with Gasteiger partial charge in [0.2, 0.25) is 6.33 Å². The molecule has 0 radical (unpaired) electrons. The molecule has 1 fully saturated rings. The highest BCUT2D eigenvalue weighted by Crippen LogP contribution is 2.23. The summed E-state index contributed by atoms with van der Waals surface area (Å²) >= 11 is 0. The summed E-state index contributed by atoms with van der Waals surface area (Å²) in [5.74, 6) is 0.459. The second-order valence-electron chi connectivity index (χ2n) is 3.91. The molecule has 0 saturated heterocycles. The van der Waals surface area contributed by atoms with E-state index >= 15 is 0 Å². The number of anilines is 1. The summed E-state index contributed by atoms with van der Waals surface area (Å²) in [6.07, 6.45) is 5.05. The summed E-state index contributed by atoms with van der Waals surface area (Å²) in [7, 11) is 0. The zero-order valence-electron chi connectivity index (χ0n) is 9.22. The smallest absolute Gasteiger partial charge is 0.390 e. The van der Waals surface area contributed by atoms with Crippen LogP contribution in [0.4, 0.5) is 11.8 Å². The first-order chi connectivity index (χ1) is 8.72. The van der Waals surface area contributed by atoms with Gasteiger partial charge in [-0.25, -0.2) is 4.98 Å². The topological polar surface area (TPSA) is 112 Å². The van der Waals surface area contributed by atoms with Crippen LogP contribution in [-0.2, 0) is 0 Å². The minimum absolute atomic E-state index is 0.251. The Hall–Kier alpha value is -2.58. The van der Waals surface area contributed by atoms with Crippen LogP contribution in [-0.4, -0.2) is 35.7 Å². The van der Waals surface area contributed by atoms with Crippen molar-refractivity contribution in [3.05, 3.63) is 28.7 Å². The average Bonchev–Trinajstić information content (AvgIpc) is 3.03. The first-order valence-electron chi connectivity index (χ1n) is 5.38. The number of nitrogens with zero attached hydrogens (tertiary/aromatic N) is 6. The summed E-state index contributed by atoms with van der Waals surface area (Å²) in [5, 5.41) is 17.4. The highest BCUT2D eigenvalue weighted by atomic mass is 16.6. The van der Waals surface area contributed by atoms with Crippen LogP contribution in [0.1, 0.15) is 12.8 Å². The highest BCUT2D eigenvalue weighted by molar-refractivity contribution is 5.38. The molecular weight excluding hydrogens is 238 g/mol. The predicted octanol–water partition coefficient (Wildman–Crippen LogP) is 0.540. The van der Waals surface area contributed by atoms with E-state index in [4.69, 9.17) is 0 Å². The Labute approximate surface area is 101 Å². The van der Waals surface area contributed by atoms with E-state index in [0.29, 0.717) is 11.9 Å². The highest BCUT2D eigenvalue weighted by Gasteiger charge is 2.22. The Bertz CT molecular complexity index is 592. The summed E-state index contributed by atoms with van der Waals surface area (Å²) < 4.78 is 1.18. The van der Waals surface area contributed by atoms with Gasteiger partial charge in [0.05, 0.1) is 0 Å². The summed E-state index contributed by atoms with van der Waals surface area (Å²) in [5.41, 5.74) is 0. The van der Waals surface area contributed by atoms with E-state index in [1.807, 2.05) is 0 Å². The Morgan fingerprint density at radius 3 is 2.94 bits per heavy atom. The quantitative estimate of drug-likeness (QED) is 0.619. The molecule has 1 aliphatic carbocycles. The van der Waals surface area contributed by atoms with Crippen LogP contribution in [0.25, 0.3) is 5.95 Å². The zero-order chi connectivity index (χ0) is 12.5. The third-order valence-electron chi connectivity index (χ3n) is 2.42. The summed E-state index contributed by atoms with van der Waals surface area (Å²) in [6.45, 7) is 0. The number of hydrogen-bond donors (Lipinski definition) is 1. The molecule has 0 unspecified atom stereocenters. The van der Waals surface area contributed by atoms with Gasteiger partial charge in [-0.3, -0.25) is 0 Å². The first kappa shape index (κ1) is 10.6. The molecule has 9 heteroatoms. The fourth-order valence-electron chi connectivity index (χ4n) is 1.41. The Morgan fingerprint density at radius 1 is 1.44 bits per heavy atom. The SMILES string of the molecule is O=[N+]([O-])c1ncn(-c2nccc(NC3CC3)n2)n1. The van der Waals surface area contributed by atoms with Crippen molar-refractivity contribution in [2.24, 2.45) is 0 Å². The number of nitro groups is 1. The normalized spacial score (nSPS) is 14.4. The lowest BCUT2D eigenvalue weighted by Gasteiger charge is -2.03. The molecule has 1 saturated carbocycles. The number of rotatable bonds is 4. The molecule has 2 aromatic heterocycles. The van der Waals surface area contributed by atoms with Crippen LogP contribution < -0.4 is 5.32 Å². The standard InChI is InChI=1S/C9H9N7O2/c17-16(18)9-11-5-15(14-9)8-10-4-3-7(13-8)12-6-1-2-6/h3-6H,1-2H2,(H,10,12,13). The van der Waals surface area contributed by atoms with Crippen molar-refractivity contribution >= 4 is 11.8 Å². The lowest BCUT2D eigenvalue weighted by atomic mass is 10.5. The van der Waals surface area contributed by atoms with Crippen molar-refractivity contribution in [2.75, 3.05) is 5.32 Å². The molecule has 18 heavy (non-hydrogen) atoms. The van der Waals surface area contributed by atoms with Crippen molar-refractivity contribution in [1.29, 1.82) is 0 Å². The third-order valence-corrected chi connectivity index (χ3v) is 2.42. The van der Waals surface area contributed by atoms with Gasteiger partial charge in [0.25, 0.3) is 5.95 Å². The molecule has 92 valence electrons. The van der Waals surface area contributed by atoms with Crippen molar-refractivity contribution < 1.29 is 4.92 Å². The predicted molar refractivity (Wildman–Crippen MR) is 60.2 cm³/mol. The minimum atomic E-state index is -0.664. The van der Waals surface area contributed by atoms with E-state index < -0.39 is 10.9 Å². The fraction of sp³-hybridized carbons (Fsp3) is 0.333. The molecule has 1 aliphatic rings. The largest absolute Gasteiger partial charge is 0.491 e. The van der Waals surface area contributed by atoms with Crippen LogP contribution in [0.3, 0.4) is 0 Å². The third kappa shape index (κ3) is 2.10. The maximum Gasteiger partial charge on any atom is 0.491 e. The maximum absolute atomic E-state index is 10.5. The molecule has 0 aliphatic heterocycles. The van der Waals surface area contributed by atoms with Gasteiger partial charge in [-0.1, -0.05) is 4.98 Å². The molecule has 0 atom stereocenters. The molecule has 0 bridgehead atoms. The van der Waals surface area contributed by atoms with E-state index in [0.717, 1.165) is 12.8 Å². The number of hydrogen-bond acceptors (Lipinski definition) is 7. The lowest BCUT2D eigenvalue weighted by molar-refractivity contribution is -0.394. The van der Waals surface area contributed by atoms with Gasteiger partial charge < -0.3 is 15.4 Å². The van der Waals surface area contributed by atoms with Crippen molar-refractivity contribution in [1.82, 2.24) is 24.7 Å². The maximum atomic E-state index is 10.5. The van der Waals surface area contributed by atoms with E-state index in [9.17, 15) is 10.1 Å². The summed E-state index contributed by atoms with van der Waals surface area (Å²) in [6, 6.07) is 2.21. The molecule has 0 spiro atoms. The van der Waals surface area contributed by atoms with Crippen molar-refractivity contribution in [3.63, 3.8) is 0 Å². The van der Waals surface area contributed by atoms with Gasteiger partial charge in [0.1, 0.15) is 5.82 Å². The van der Waals surface area contributed by atoms with Crippen LogP contribution in [0, 0.1) is 10.1 Å². The second kappa shape index (κ2) is 4.02. The lowest BCUT2D eigenvalue weighted by Crippen LogP contribution is -2.07. The Kier molecular flexibility index (Phi) is 2.36. The van der Waals surface area contributed by atoms with Crippen molar-refractivity contribution in [2.45, 2.75) is 18.9 Å². The molecule has 3 rings (SSSR count). The van der Waals surface area contributed by atoms with Crippen LogP contribution in [0.5, 0.6) is 0 Å². The van der Waals surface area contributed by atoms with E-state index in [-0.39, 0.29) is 5.95 Å². The summed E-state index contributed by atoms with van der Waals surface area (Å²) in [4.78, 5) is 21.6. The van der Waals surface area contributed by atoms with Gasteiger partial charge in [-0.15, -0.1) is 4.68 Å². The Morgan fingerprint density at radius 2 is 2.28 bits per heavy atom. The molecular formula is C9H9N7O2. The number of nitrogens with one attached hydrogen (secondary N) is 1. The van der Waals surface area contributed by atoms with Gasteiger partial charge in [-0.2, -0.15) is 4.98 Å². The van der Waals surface area contributed by atoms with Crippen LogP contribution in [0.15, 0.2) is 18.6 Å². The van der Waals surface area contributed by atoms with Gasteiger partial charge in [0.15, 0.2) is 0 Å². The van der Waals surface area contributed by atoms with E-state index in [2.05, 4.69) is 25.4 Å². The van der Waals surface area contributed by atoms with Crippen LogP contribution in [0.2, 0.25) is 0 Å². The van der Waals surface area contributed by atoms with E-state index in [1.54, 1.807) is 12.3 Å². The second-order valence-corrected chi connectivity index (χ2v) is 3.91. The molecule has 0 amide bonds. The van der Waals surface area contributed by atoms with Gasteiger partial charge in [-0.05, 0) is 23.8 Å². The fourth-order valence-corrected chi connectivity index (χ4v) is 1.41. The average molecular weight is 247 g/mol. The van der Waals surface area contributed by atoms with Crippen molar-refractivity contribution in [3.8, 4) is 5.95 Å². The van der Waals surface area contributed by atoms with Gasteiger partial charge >= 0.3 is 5.95 Å². The number of aromatic nitrogens is 5. The Balaban J connectivity index is 1.87. The van der Waals surface area contributed by atoms with Gasteiger partial charge in [0, 0.05) is 17.3 Å². The monoisotopic (exact) mass is 247 g/mol. The molecule has 2 heterocycles.